The van der Waals surface area contributed by atoms with Crippen molar-refractivity contribution in [1.82, 2.24) is 5.32 Å². The van der Waals surface area contributed by atoms with E-state index in [1.54, 1.807) is 18.3 Å². The van der Waals surface area contributed by atoms with E-state index in [0.29, 0.717) is 5.69 Å². The number of aromatic hydroxyl groups is 1. The maximum Gasteiger partial charge on any atom is 0.323 e. The van der Waals surface area contributed by atoms with Gasteiger partial charge in [0.25, 0.3) is 0 Å². The summed E-state index contributed by atoms with van der Waals surface area (Å²) < 4.78 is 0. The molecule has 0 aliphatic heterocycles. The van der Waals surface area contributed by atoms with Crippen molar-refractivity contribution in [3.05, 3.63) is 36.0 Å². The summed E-state index contributed by atoms with van der Waals surface area (Å²) in [5.41, 5.74) is 1.95. The zero-order valence-corrected chi connectivity index (χ0v) is 9.57. The summed E-state index contributed by atoms with van der Waals surface area (Å²) in [4.78, 5) is 11.5. The first-order chi connectivity index (χ1) is 8.24. The molecule has 0 heterocycles. The minimum atomic E-state index is -0.255. The molecule has 0 unspecified atom stereocenters. The highest BCUT2D eigenvalue weighted by molar-refractivity contribution is 5.89. The predicted molar refractivity (Wildman–Crippen MR) is 66.8 cm³/mol. The van der Waals surface area contributed by atoms with E-state index < -0.39 is 0 Å². The maximum atomic E-state index is 11.5. The molecule has 1 aliphatic carbocycles. The second-order valence-corrected chi connectivity index (χ2v) is 4.16. The lowest BCUT2D eigenvalue weighted by molar-refractivity contribution is 0.255. The molecule has 0 saturated heterocycles. The van der Waals surface area contributed by atoms with E-state index in [4.69, 9.17) is 5.11 Å². The Morgan fingerprint density at radius 1 is 1.18 bits per heavy atom. The number of allylic oxidation sites excluding steroid dienone is 1. The minimum absolute atomic E-state index is 0.184. The van der Waals surface area contributed by atoms with Crippen LogP contribution in [0.25, 0.3) is 0 Å². The van der Waals surface area contributed by atoms with E-state index >= 15 is 0 Å². The van der Waals surface area contributed by atoms with Crippen molar-refractivity contribution < 1.29 is 9.90 Å². The summed E-state index contributed by atoms with van der Waals surface area (Å²) in [6.07, 6.45) is 6.39. The van der Waals surface area contributed by atoms with Gasteiger partial charge in [0.1, 0.15) is 5.75 Å². The summed E-state index contributed by atoms with van der Waals surface area (Å²) in [6.45, 7) is 0. The van der Waals surface area contributed by atoms with Crippen LogP contribution in [-0.4, -0.2) is 11.1 Å². The molecule has 17 heavy (non-hydrogen) atoms. The van der Waals surface area contributed by atoms with Gasteiger partial charge in [0, 0.05) is 11.9 Å². The SMILES string of the molecule is O=C(NC=C1CCCC1)Nc1ccc(O)cc1. The summed E-state index contributed by atoms with van der Waals surface area (Å²) >= 11 is 0. The van der Waals surface area contributed by atoms with Crippen LogP contribution < -0.4 is 10.6 Å². The molecular formula is C13H16N2O2. The second-order valence-electron chi connectivity index (χ2n) is 4.16. The summed E-state index contributed by atoms with van der Waals surface area (Å²) in [6, 6.07) is 6.11. The summed E-state index contributed by atoms with van der Waals surface area (Å²) in [7, 11) is 0. The Labute approximate surface area is 100 Å². The van der Waals surface area contributed by atoms with Gasteiger partial charge in [-0.15, -0.1) is 0 Å². The fourth-order valence-corrected chi connectivity index (χ4v) is 1.85. The van der Waals surface area contributed by atoms with Crippen LogP contribution in [0.2, 0.25) is 0 Å². The zero-order valence-electron chi connectivity index (χ0n) is 9.57. The van der Waals surface area contributed by atoms with Crippen molar-refractivity contribution in [3.8, 4) is 5.75 Å². The standard InChI is InChI=1S/C13H16N2O2/c16-12-7-5-11(6-8-12)15-13(17)14-9-10-3-1-2-4-10/h5-9,16H,1-4H2,(H2,14,15,17). The molecule has 2 rings (SSSR count). The van der Waals surface area contributed by atoms with E-state index in [1.807, 2.05) is 0 Å². The zero-order chi connectivity index (χ0) is 12.1. The summed E-state index contributed by atoms with van der Waals surface area (Å²) in [5, 5.41) is 14.5. The third-order valence-electron chi connectivity index (χ3n) is 2.78. The van der Waals surface area contributed by atoms with Crippen molar-refractivity contribution >= 4 is 11.7 Å². The summed E-state index contributed by atoms with van der Waals surface area (Å²) in [5.74, 6) is 0.184. The molecule has 3 N–H and O–H groups in total. The van der Waals surface area contributed by atoms with Gasteiger partial charge in [-0.2, -0.15) is 0 Å². The Bertz CT molecular complexity index is 416. The first-order valence-corrected chi connectivity index (χ1v) is 5.78. The molecule has 0 aromatic heterocycles. The van der Waals surface area contributed by atoms with E-state index in [0.717, 1.165) is 12.8 Å². The lowest BCUT2D eigenvalue weighted by Gasteiger charge is -2.05. The molecule has 1 aliphatic rings. The molecule has 0 bridgehead atoms. The number of nitrogens with one attached hydrogen (secondary N) is 2. The fourth-order valence-electron chi connectivity index (χ4n) is 1.85. The monoisotopic (exact) mass is 232 g/mol. The van der Waals surface area contributed by atoms with Gasteiger partial charge in [-0.05, 0) is 49.9 Å². The quantitative estimate of drug-likeness (QED) is 0.686. The highest BCUT2D eigenvalue weighted by Crippen LogP contribution is 2.22. The number of benzene rings is 1. The fraction of sp³-hybridized carbons (Fsp3) is 0.308. The third-order valence-corrected chi connectivity index (χ3v) is 2.78. The number of anilines is 1. The molecule has 0 radical (unpaired) electrons. The molecule has 1 aromatic rings. The van der Waals surface area contributed by atoms with Crippen LogP contribution in [0, 0.1) is 0 Å². The van der Waals surface area contributed by atoms with Gasteiger partial charge in [-0.3, -0.25) is 0 Å². The average Bonchev–Trinajstić information content (AvgIpc) is 2.83. The molecule has 4 nitrogen and oxygen atoms in total. The van der Waals surface area contributed by atoms with Crippen molar-refractivity contribution in [2.45, 2.75) is 25.7 Å². The van der Waals surface area contributed by atoms with Crippen LogP contribution in [0.4, 0.5) is 10.5 Å². The molecule has 1 saturated carbocycles. The molecule has 1 fully saturated rings. The van der Waals surface area contributed by atoms with Gasteiger partial charge < -0.3 is 15.7 Å². The number of carbonyl (C=O) groups is 1. The van der Waals surface area contributed by atoms with E-state index in [2.05, 4.69) is 10.6 Å². The average molecular weight is 232 g/mol. The van der Waals surface area contributed by atoms with Crippen LogP contribution in [0.15, 0.2) is 36.0 Å². The van der Waals surface area contributed by atoms with Crippen LogP contribution >= 0.6 is 0 Å². The number of phenolic OH excluding ortho intramolecular Hbond substituents is 1. The Morgan fingerprint density at radius 2 is 1.82 bits per heavy atom. The Balaban J connectivity index is 1.84. The van der Waals surface area contributed by atoms with Gasteiger partial charge >= 0.3 is 6.03 Å². The minimum Gasteiger partial charge on any atom is -0.508 e. The Kier molecular flexibility index (Phi) is 3.65. The molecule has 4 heteroatoms. The smallest absolute Gasteiger partial charge is 0.323 e. The van der Waals surface area contributed by atoms with Crippen molar-refractivity contribution in [2.24, 2.45) is 0 Å². The van der Waals surface area contributed by atoms with Gasteiger partial charge in [0.15, 0.2) is 0 Å². The van der Waals surface area contributed by atoms with E-state index in [-0.39, 0.29) is 11.8 Å². The second kappa shape index (κ2) is 5.39. The number of urea groups is 1. The number of phenols is 1. The van der Waals surface area contributed by atoms with Gasteiger partial charge in [0.2, 0.25) is 0 Å². The van der Waals surface area contributed by atoms with Crippen molar-refractivity contribution in [3.63, 3.8) is 0 Å². The maximum absolute atomic E-state index is 11.5. The molecule has 0 spiro atoms. The lowest BCUT2D eigenvalue weighted by Crippen LogP contribution is -2.24. The van der Waals surface area contributed by atoms with Gasteiger partial charge in [-0.1, -0.05) is 5.57 Å². The number of carbonyl (C=O) groups excluding carboxylic acids is 1. The predicted octanol–water partition coefficient (Wildman–Crippen LogP) is 2.97. The molecule has 0 atom stereocenters. The van der Waals surface area contributed by atoms with Gasteiger partial charge in [0.05, 0.1) is 0 Å². The van der Waals surface area contributed by atoms with E-state index in [9.17, 15) is 4.79 Å². The molecular weight excluding hydrogens is 216 g/mol. The molecule has 90 valence electrons. The molecule has 1 aromatic carbocycles. The van der Waals surface area contributed by atoms with Crippen molar-refractivity contribution in [2.75, 3.05) is 5.32 Å². The topological polar surface area (TPSA) is 61.4 Å². The first kappa shape index (κ1) is 11.5. The number of hydrogen-bond acceptors (Lipinski definition) is 2. The highest BCUT2D eigenvalue weighted by Gasteiger charge is 2.06. The lowest BCUT2D eigenvalue weighted by atomic mass is 10.2. The normalized spacial score (nSPS) is 14.5. The number of amides is 2. The van der Waals surface area contributed by atoms with Crippen LogP contribution in [0.1, 0.15) is 25.7 Å². The highest BCUT2D eigenvalue weighted by atomic mass is 16.3. The third kappa shape index (κ3) is 3.52. The van der Waals surface area contributed by atoms with Crippen LogP contribution in [0.3, 0.4) is 0 Å². The van der Waals surface area contributed by atoms with Crippen LogP contribution in [-0.2, 0) is 0 Å². The van der Waals surface area contributed by atoms with E-state index in [1.165, 1.54) is 30.5 Å². The van der Waals surface area contributed by atoms with Gasteiger partial charge in [-0.25, -0.2) is 4.79 Å². The molecule has 2 amide bonds. The van der Waals surface area contributed by atoms with Crippen molar-refractivity contribution in [1.29, 1.82) is 0 Å². The number of hydrogen-bond donors (Lipinski definition) is 3. The Hall–Kier alpha value is -1.97. The first-order valence-electron chi connectivity index (χ1n) is 5.78. The largest absolute Gasteiger partial charge is 0.508 e. The number of rotatable bonds is 2. The van der Waals surface area contributed by atoms with Crippen LogP contribution in [0.5, 0.6) is 5.75 Å². The Morgan fingerprint density at radius 3 is 2.47 bits per heavy atom.